The van der Waals surface area contributed by atoms with Gasteiger partial charge in [0, 0.05) is 19.7 Å². The van der Waals surface area contributed by atoms with Crippen molar-refractivity contribution in [2.75, 3.05) is 20.3 Å². The van der Waals surface area contributed by atoms with Crippen LogP contribution in [-0.2, 0) is 4.74 Å². The van der Waals surface area contributed by atoms with Crippen LogP contribution in [-0.4, -0.2) is 31.3 Å². The highest BCUT2D eigenvalue weighted by molar-refractivity contribution is 5.91. The number of hydrogen-bond donors (Lipinski definition) is 1. The lowest BCUT2D eigenvalue weighted by Gasteiger charge is -1.99. The molecule has 0 aliphatic rings. The lowest BCUT2D eigenvalue weighted by atomic mass is 10.4. The molecule has 1 N–H and O–H groups in total. The molecule has 1 aromatic rings. The summed E-state index contributed by atoms with van der Waals surface area (Å²) >= 11 is 0. The van der Waals surface area contributed by atoms with E-state index in [-0.39, 0.29) is 11.7 Å². The van der Waals surface area contributed by atoms with Crippen LogP contribution in [0.15, 0.2) is 10.6 Å². The zero-order valence-electron chi connectivity index (χ0n) is 7.66. The van der Waals surface area contributed by atoms with E-state index >= 15 is 0 Å². The van der Waals surface area contributed by atoms with Gasteiger partial charge in [-0.15, -0.1) is 0 Å². The molecule has 0 bridgehead atoms. The Morgan fingerprint density at radius 1 is 1.77 bits per heavy atom. The summed E-state index contributed by atoms with van der Waals surface area (Å²) < 4.78 is 9.53. The minimum Gasteiger partial charge on any atom is -0.383 e. The number of methoxy groups -OCH3 is 1. The normalized spacial score (nSPS) is 10.0. The van der Waals surface area contributed by atoms with Crippen molar-refractivity contribution in [3.05, 3.63) is 17.5 Å². The standard InChI is InChI=1S/C8H12N2O3/c1-6-5-7(13-10-6)8(11)9-3-4-12-2/h5H,3-4H2,1-2H3,(H,9,11). The van der Waals surface area contributed by atoms with Gasteiger partial charge in [-0.05, 0) is 6.92 Å². The molecule has 1 rings (SSSR count). The Morgan fingerprint density at radius 3 is 3.08 bits per heavy atom. The van der Waals surface area contributed by atoms with Crippen molar-refractivity contribution >= 4 is 5.91 Å². The van der Waals surface area contributed by atoms with Crippen molar-refractivity contribution in [2.24, 2.45) is 0 Å². The zero-order valence-corrected chi connectivity index (χ0v) is 7.66. The molecule has 1 aromatic heterocycles. The second kappa shape index (κ2) is 4.61. The van der Waals surface area contributed by atoms with Crippen LogP contribution in [0.2, 0.25) is 0 Å². The summed E-state index contributed by atoms with van der Waals surface area (Å²) in [5.74, 6) is -0.0359. The fourth-order valence-corrected chi connectivity index (χ4v) is 0.824. The fourth-order valence-electron chi connectivity index (χ4n) is 0.824. The van der Waals surface area contributed by atoms with Crippen LogP contribution in [0.3, 0.4) is 0 Å². The van der Waals surface area contributed by atoms with Crippen molar-refractivity contribution in [1.82, 2.24) is 10.5 Å². The number of ether oxygens (including phenoxy) is 1. The maximum atomic E-state index is 11.2. The molecule has 72 valence electrons. The monoisotopic (exact) mass is 184 g/mol. The fraction of sp³-hybridized carbons (Fsp3) is 0.500. The Morgan fingerprint density at radius 2 is 2.54 bits per heavy atom. The average molecular weight is 184 g/mol. The molecular weight excluding hydrogens is 172 g/mol. The van der Waals surface area contributed by atoms with E-state index in [9.17, 15) is 4.79 Å². The molecule has 13 heavy (non-hydrogen) atoms. The lowest BCUT2D eigenvalue weighted by molar-refractivity contribution is 0.0900. The highest BCUT2D eigenvalue weighted by Crippen LogP contribution is 2.00. The number of hydrogen-bond acceptors (Lipinski definition) is 4. The molecule has 0 saturated carbocycles. The van der Waals surface area contributed by atoms with E-state index in [1.54, 1.807) is 20.1 Å². The average Bonchev–Trinajstić information content (AvgIpc) is 2.52. The summed E-state index contributed by atoms with van der Waals surface area (Å²) in [5, 5.41) is 6.21. The first-order valence-electron chi connectivity index (χ1n) is 3.94. The van der Waals surface area contributed by atoms with Crippen molar-refractivity contribution in [3.8, 4) is 0 Å². The molecule has 0 aliphatic carbocycles. The first-order valence-corrected chi connectivity index (χ1v) is 3.94. The van der Waals surface area contributed by atoms with E-state index in [0.717, 1.165) is 0 Å². The number of carbonyl (C=O) groups is 1. The first kappa shape index (κ1) is 9.73. The van der Waals surface area contributed by atoms with Gasteiger partial charge in [0.15, 0.2) is 0 Å². The molecule has 5 heteroatoms. The smallest absolute Gasteiger partial charge is 0.289 e. The third-order valence-electron chi connectivity index (χ3n) is 1.44. The molecule has 0 atom stereocenters. The second-order valence-corrected chi connectivity index (χ2v) is 2.58. The Kier molecular flexibility index (Phi) is 3.45. The van der Waals surface area contributed by atoms with Gasteiger partial charge in [-0.2, -0.15) is 0 Å². The van der Waals surface area contributed by atoms with Gasteiger partial charge < -0.3 is 14.6 Å². The van der Waals surface area contributed by atoms with E-state index in [1.165, 1.54) is 0 Å². The van der Waals surface area contributed by atoms with Gasteiger partial charge in [-0.25, -0.2) is 0 Å². The Bertz CT molecular complexity index is 283. The second-order valence-electron chi connectivity index (χ2n) is 2.58. The van der Waals surface area contributed by atoms with Crippen molar-refractivity contribution < 1.29 is 14.1 Å². The third kappa shape index (κ3) is 2.87. The van der Waals surface area contributed by atoms with Crippen LogP contribution in [0.25, 0.3) is 0 Å². The summed E-state index contributed by atoms with van der Waals surface area (Å²) in [6, 6.07) is 1.59. The van der Waals surface area contributed by atoms with E-state index in [4.69, 9.17) is 9.26 Å². The van der Waals surface area contributed by atoms with Gasteiger partial charge >= 0.3 is 0 Å². The topological polar surface area (TPSA) is 64.4 Å². The molecule has 0 saturated heterocycles. The number of aromatic nitrogens is 1. The first-order chi connectivity index (χ1) is 6.24. The summed E-state index contributed by atoms with van der Waals surface area (Å²) in [6.07, 6.45) is 0. The van der Waals surface area contributed by atoms with E-state index < -0.39 is 0 Å². The van der Waals surface area contributed by atoms with Crippen molar-refractivity contribution in [1.29, 1.82) is 0 Å². The number of nitrogens with one attached hydrogen (secondary N) is 1. The Balaban J connectivity index is 2.40. The van der Waals surface area contributed by atoms with Gasteiger partial charge in [0.05, 0.1) is 12.3 Å². The molecule has 1 amide bonds. The largest absolute Gasteiger partial charge is 0.383 e. The molecule has 1 heterocycles. The summed E-state index contributed by atoms with van der Waals surface area (Å²) in [7, 11) is 1.57. The number of rotatable bonds is 4. The number of carbonyl (C=O) groups excluding carboxylic acids is 1. The SMILES string of the molecule is COCCNC(=O)c1cc(C)no1. The molecule has 0 radical (unpaired) electrons. The summed E-state index contributed by atoms with van der Waals surface area (Å²) in [5.41, 5.74) is 0.692. The minimum atomic E-state index is -0.266. The van der Waals surface area contributed by atoms with Gasteiger partial charge in [0.2, 0.25) is 5.76 Å². The highest BCUT2D eigenvalue weighted by Gasteiger charge is 2.09. The predicted molar refractivity (Wildman–Crippen MR) is 45.4 cm³/mol. The van der Waals surface area contributed by atoms with Crippen molar-refractivity contribution in [2.45, 2.75) is 6.92 Å². The van der Waals surface area contributed by atoms with Gasteiger partial charge in [0.1, 0.15) is 0 Å². The number of nitrogens with zero attached hydrogens (tertiary/aromatic N) is 1. The maximum Gasteiger partial charge on any atom is 0.289 e. The van der Waals surface area contributed by atoms with Crippen LogP contribution in [0, 0.1) is 6.92 Å². The molecule has 0 spiro atoms. The van der Waals surface area contributed by atoms with E-state index in [0.29, 0.717) is 18.8 Å². The predicted octanol–water partition coefficient (Wildman–Crippen LogP) is 0.359. The van der Waals surface area contributed by atoms with Crippen LogP contribution < -0.4 is 5.32 Å². The van der Waals surface area contributed by atoms with Crippen LogP contribution in [0.1, 0.15) is 16.2 Å². The van der Waals surface area contributed by atoms with Gasteiger partial charge in [-0.3, -0.25) is 4.79 Å². The molecular formula is C8H12N2O3. The van der Waals surface area contributed by atoms with Crippen LogP contribution in [0.4, 0.5) is 0 Å². The van der Waals surface area contributed by atoms with Crippen LogP contribution in [0.5, 0.6) is 0 Å². The van der Waals surface area contributed by atoms with Crippen molar-refractivity contribution in [3.63, 3.8) is 0 Å². The zero-order chi connectivity index (χ0) is 9.68. The maximum absolute atomic E-state index is 11.2. The van der Waals surface area contributed by atoms with Gasteiger partial charge in [0.25, 0.3) is 5.91 Å². The van der Waals surface area contributed by atoms with Gasteiger partial charge in [-0.1, -0.05) is 5.16 Å². The molecule has 0 unspecified atom stereocenters. The number of amides is 1. The minimum absolute atomic E-state index is 0.230. The quantitative estimate of drug-likeness (QED) is 0.686. The summed E-state index contributed by atoms with van der Waals surface area (Å²) in [4.78, 5) is 11.2. The number of aryl methyl sites for hydroxylation is 1. The third-order valence-corrected chi connectivity index (χ3v) is 1.44. The van der Waals surface area contributed by atoms with E-state index in [1.807, 2.05) is 0 Å². The summed E-state index contributed by atoms with van der Waals surface area (Å²) in [6.45, 7) is 2.71. The Hall–Kier alpha value is -1.36. The highest BCUT2D eigenvalue weighted by atomic mass is 16.5. The lowest BCUT2D eigenvalue weighted by Crippen LogP contribution is -2.26. The van der Waals surface area contributed by atoms with Crippen LogP contribution >= 0.6 is 0 Å². The molecule has 5 nitrogen and oxygen atoms in total. The molecule has 0 aliphatic heterocycles. The molecule has 0 fully saturated rings. The Labute approximate surface area is 76.0 Å². The molecule has 0 aromatic carbocycles. The van der Waals surface area contributed by atoms with E-state index in [2.05, 4.69) is 10.5 Å².